The van der Waals surface area contributed by atoms with E-state index in [0.717, 1.165) is 35.9 Å². The number of benzene rings is 2. The van der Waals surface area contributed by atoms with Gasteiger partial charge in [-0.15, -0.1) is 11.8 Å². The highest BCUT2D eigenvalue weighted by atomic mass is 35.5. The van der Waals surface area contributed by atoms with Gasteiger partial charge in [-0.2, -0.15) is 0 Å². The van der Waals surface area contributed by atoms with Crippen LogP contribution in [-0.2, 0) is 16.1 Å². The number of halogens is 1. The molecule has 0 aliphatic carbocycles. The van der Waals surface area contributed by atoms with Gasteiger partial charge in [-0.05, 0) is 36.6 Å². The van der Waals surface area contributed by atoms with Crippen LogP contribution in [0.5, 0.6) is 0 Å². The molecular formula is C22H23ClN2O2S. The summed E-state index contributed by atoms with van der Waals surface area (Å²) in [6, 6.07) is 16.2. The van der Waals surface area contributed by atoms with Crippen LogP contribution in [0.2, 0.25) is 5.02 Å². The minimum Gasteiger partial charge on any atom is -0.376 e. The molecular weight excluding hydrogens is 392 g/mol. The topological polar surface area (TPSA) is 43.3 Å². The molecule has 146 valence electrons. The van der Waals surface area contributed by atoms with Crippen molar-refractivity contribution in [2.45, 2.75) is 30.4 Å². The lowest BCUT2D eigenvalue weighted by Gasteiger charge is -2.10. The summed E-state index contributed by atoms with van der Waals surface area (Å²) >= 11 is 7.58. The molecule has 1 N–H and O–H groups in total. The van der Waals surface area contributed by atoms with E-state index >= 15 is 0 Å². The number of carbonyl (C=O) groups excluding carboxylic acids is 1. The van der Waals surface area contributed by atoms with Crippen LogP contribution < -0.4 is 5.32 Å². The molecule has 1 aliphatic heterocycles. The molecule has 2 aromatic carbocycles. The lowest BCUT2D eigenvalue weighted by molar-refractivity contribution is -0.119. The number of hydrogen-bond donors (Lipinski definition) is 1. The zero-order valence-electron chi connectivity index (χ0n) is 15.6. The average molecular weight is 415 g/mol. The number of nitrogens with zero attached hydrogens (tertiary/aromatic N) is 1. The summed E-state index contributed by atoms with van der Waals surface area (Å²) in [7, 11) is 0. The molecule has 0 unspecified atom stereocenters. The smallest absolute Gasteiger partial charge is 0.230 e. The maximum Gasteiger partial charge on any atom is 0.230 e. The van der Waals surface area contributed by atoms with Gasteiger partial charge < -0.3 is 14.6 Å². The number of carbonyl (C=O) groups is 1. The van der Waals surface area contributed by atoms with Gasteiger partial charge in [-0.3, -0.25) is 4.79 Å². The van der Waals surface area contributed by atoms with Gasteiger partial charge >= 0.3 is 0 Å². The first-order valence-electron chi connectivity index (χ1n) is 9.52. The van der Waals surface area contributed by atoms with Crippen molar-refractivity contribution in [3.8, 4) is 0 Å². The van der Waals surface area contributed by atoms with E-state index in [0.29, 0.717) is 12.3 Å². The zero-order valence-corrected chi connectivity index (χ0v) is 17.1. The number of rotatable bonds is 7. The van der Waals surface area contributed by atoms with Crippen LogP contribution in [-0.4, -0.2) is 35.5 Å². The second-order valence-electron chi connectivity index (χ2n) is 6.99. The van der Waals surface area contributed by atoms with E-state index in [4.69, 9.17) is 16.3 Å². The fourth-order valence-electron chi connectivity index (χ4n) is 3.47. The molecule has 1 aromatic heterocycles. The monoisotopic (exact) mass is 414 g/mol. The number of hydrogen-bond acceptors (Lipinski definition) is 3. The lowest BCUT2D eigenvalue weighted by atomic mass is 10.2. The van der Waals surface area contributed by atoms with Crippen LogP contribution >= 0.6 is 23.4 Å². The molecule has 6 heteroatoms. The minimum absolute atomic E-state index is 0.0510. The molecule has 4 rings (SSSR count). The Labute approximate surface area is 174 Å². The number of para-hydroxylation sites is 1. The Morgan fingerprint density at radius 1 is 1.21 bits per heavy atom. The Morgan fingerprint density at radius 3 is 2.82 bits per heavy atom. The van der Waals surface area contributed by atoms with Crippen LogP contribution in [0.25, 0.3) is 10.9 Å². The molecule has 28 heavy (non-hydrogen) atoms. The van der Waals surface area contributed by atoms with Crippen molar-refractivity contribution < 1.29 is 9.53 Å². The van der Waals surface area contributed by atoms with Gasteiger partial charge in [0.25, 0.3) is 0 Å². The minimum atomic E-state index is 0.0510. The highest BCUT2D eigenvalue weighted by Gasteiger charge is 2.16. The molecule has 1 amide bonds. The Bertz CT molecular complexity index is 949. The Morgan fingerprint density at radius 2 is 2.04 bits per heavy atom. The summed E-state index contributed by atoms with van der Waals surface area (Å²) in [5.74, 6) is 0.455. The van der Waals surface area contributed by atoms with Gasteiger partial charge in [-0.25, -0.2) is 0 Å². The molecule has 1 atom stereocenters. The van der Waals surface area contributed by atoms with Gasteiger partial charge in [0, 0.05) is 46.7 Å². The third-order valence-corrected chi connectivity index (χ3v) is 6.22. The van der Waals surface area contributed by atoms with Crippen LogP contribution in [0.3, 0.4) is 0 Å². The third kappa shape index (κ3) is 4.72. The van der Waals surface area contributed by atoms with Crippen molar-refractivity contribution in [1.29, 1.82) is 0 Å². The van der Waals surface area contributed by atoms with E-state index in [-0.39, 0.29) is 12.0 Å². The Kier molecular flexibility index (Phi) is 6.25. The molecule has 0 radical (unpaired) electrons. The van der Waals surface area contributed by atoms with Crippen LogP contribution in [0, 0.1) is 0 Å². The molecule has 1 fully saturated rings. The van der Waals surface area contributed by atoms with Gasteiger partial charge in [0.2, 0.25) is 5.91 Å². The van der Waals surface area contributed by atoms with Crippen molar-refractivity contribution in [1.82, 2.24) is 9.88 Å². The van der Waals surface area contributed by atoms with Gasteiger partial charge in [0.1, 0.15) is 0 Å². The summed E-state index contributed by atoms with van der Waals surface area (Å²) in [6.45, 7) is 2.18. The van der Waals surface area contributed by atoms with E-state index in [1.54, 1.807) is 11.8 Å². The predicted octanol–water partition coefficient (Wildman–Crippen LogP) is 4.73. The van der Waals surface area contributed by atoms with Crippen molar-refractivity contribution in [3.05, 3.63) is 65.3 Å². The SMILES string of the molecule is O=C(CSc1cn(Cc2ccc(Cl)cc2)c2ccccc12)NC[C@H]1CCCO1. The van der Waals surface area contributed by atoms with E-state index in [2.05, 4.69) is 28.2 Å². The van der Waals surface area contributed by atoms with E-state index < -0.39 is 0 Å². The molecule has 2 heterocycles. The van der Waals surface area contributed by atoms with Crippen molar-refractivity contribution >= 4 is 40.2 Å². The van der Waals surface area contributed by atoms with Crippen molar-refractivity contribution in [3.63, 3.8) is 0 Å². The van der Waals surface area contributed by atoms with E-state index in [9.17, 15) is 4.79 Å². The molecule has 0 spiro atoms. The van der Waals surface area contributed by atoms with Crippen LogP contribution in [0.15, 0.2) is 59.6 Å². The van der Waals surface area contributed by atoms with Crippen molar-refractivity contribution in [2.75, 3.05) is 18.9 Å². The van der Waals surface area contributed by atoms with Crippen LogP contribution in [0.4, 0.5) is 0 Å². The second-order valence-corrected chi connectivity index (χ2v) is 8.45. The predicted molar refractivity (Wildman–Crippen MR) is 115 cm³/mol. The molecule has 0 saturated carbocycles. The van der Waals surface area contributed by atoms with E-state index in [1.807, 2.05) is 36.4 Å². The Hall–Kier alpha value is -1.95. The molecule has 4 nitrogen and oxygen atoms in total. The maximum atomic E-state index is 12.2. The number of ether oxygens (including phenoxy) is 1. The highest BCUT2D eigenvalue weighted by Crippen LogP contribution is 2.30. The fourth-order valence-corrected chi connectivity index (χ4v) is 4.52. The standard InChI is InChI=1S/C22H23ClN2O2S/c23-17-9-7-16(8-10-17)13-25-14-21(19-5-1-2-6-20(19)25)28-15-22(26)24-12-18-4-3-11-27-18/h1-2,5-10,14,18H,3-4,11-13,15H2,(H,24,26)/t18-/m1/s1. The normalized spacial score (nSPS) is 16.5. The number of fused-ring (bicyclic) bond motifs is 1. The van der Waals surface area contributed by atoms with E-state index in [1.165, 1.54) is 16.5 Å². The zero-order chi connectivity index (χ0) is 19.3. The first-order valence-corrected chi connectivity index (χ1v) is 10.9. The molecule has 3 aromatic rings. The first kappa shape index (κ1) is 19.4. The summed E-state index contributed by atoms with van der Waals surface area (Å²) in [4.78, 5) is 13.4. The highest BCUT2D eigenvalue weighted by molar-refractivity contribution is 8.00. The second kappa shape index (κ2) is 9.03. The molecule has 1 aliphatic rings. The Balaban J connectivity index is 1.43. The largest absolute Gasteiger partial charge is 0.376 e. The molecule has 0 bridgehead atoms. The summed E-state index contributed by atoms with van der Waals surface area (Å²) in [6.07, 6.45) is 4.43. The average Bonchev–Trinajstić information content (AvgIpc) is 3.35. The first-order chi connectivity index (χ1) is 13.7. The van der Waals surface area contributed by atoms with Gasteiger partial charge in [-0.1, -0.05) is 41.9 Å². The summed E-state index contributed by atoms with van der Waals surface area (Å²) in [5.41, 5.74) is 2.36. The number of aromatic nitrogens is 1. The number of nitrogens with one attached hydrogen (secondary N) is 1. The van der Waals surface area contributed by atoms with Crippen LogP contribution in [0.1, 0.15) is 18.4 Å². The number of amides is 1. The van der Waals surface area contributed by atoms with Gasteiger partial charge in [0.15, 0.2) is 0 Å². The fraction of sp³-hybridized carbons (Fsp3) is 0.318. The number of thioether (sulfide) groups is 1. The lowest BCUT2D eigenvalue weighted by Crippen LogP contribution is -2.32. The maximum absolute atomic E-state index is 12.2. The summed E-state index contributed by atoms with van der Waals surface area (Å²) < 4.78 is 7.79. The summed E-state index contributed by atoms with van der Waals surface area (Å²) in [5, 5.41) is 4.91. The molecule has 1 saturated heterocycles. The van der Waals surface area contributed by atoms with Crippen molar-refractivity contribution in [2.24, 2.45) is 0 Å². The quantitative estimate of drug-likeness (QED) is 0.568. The third-order valence-electron chi connectivity index (χ3n) is 4.93. The van der Waals surface area contributed by atoms with Gasteiger partial charge in [0.05, 0.1) is 11.9 Å².